The number of hydrogen-bond donors (Lipinski definition) is 0. The van der Waals surface area contributed by atoms with E-state index in [-0.39, 0.29) is 12.5 Å². The van der Waals surface area contributed by atoms with Crippen LogP contribution in [0.4, 0.5) is 5.82 Å². The van der Waals surface area contributed by atoms with E-state index in [1.165, 1.54) is 0 Å². The standard InChI is InChI=1S/C16H31N5O2Si3/c1-24(2,3)20(10-13(22)23-26(7,8)9)15-14-16(18-11-17-15)21(12-19-14)25(4,5)6/h11-12H,10H2,1-9H3. The quantitative estimate of drug-likeness (QED) is 0.680. The average Bonchev–Trinajstić information content (AvgIpc) is 2.85. The molecular formula is C16H31N5O2Si3. The molecule has 0 radical (unpaired) electrons. The van der Waals surface area contributed by atoms with Gasteiger partial charge in [-0.3, -0.25) is 4.79 Å². The first-order valence-electron chi connectivity index (χ1n) is 8.88. The van der Waals surface area contributed by atoms with Crippen LogP contribution < -0.4 is 4.57 Å². The zero-order chi connectivity index (χ0) is 19.9. The normalized spacial score (nSPS) is 13.1. The Hall–Kier alpha value is -1.53. The summed E-state index contributed by atoms with van der Waals surface area (Å²) < 4.78 is 9.95. The Morgan fingerprint density at radius 3 is 2.15 bits per heavy atom. The molecule has 0 amide bonds. The second kappa shape index (κ2) is 6.89. The Balaban J connectivity index is 2.50. The minimum absolute atomic E-state index is 0.192. The van der Waals surface area contributed by atoms with E-state index < -0.39 is 24.8 Å². The molecule has 0 N–H and O–H groups in total. The van der Waals surface area contributed by atoms with Gasteiger partial charge in [-0.1, -0.05) is 39.3 Å². The van der Waals surface area contributed by atoms with Crippen LogP contribution in [0.2, 0.25) is 58.9 Å². The third-order valence-electron chi connectivity index (χ3n) is 3.81. The van der Waals surface area contributed by atoms with Gasteiger partial charge in [0, 0.05) is 0 Å². The van der Waals surface area contributed by atoms with E-state index in [9.17, 15) is 4.79 Å². The highest BCUT2D eigenvalue weighted by atomic mass is 28.4. The van der Waals surface area contributed by atoms with Gasteiger partial charge in [-0.2, -0.15) is 0 Å². The van der Waals surface area contributed by atoms with E-state index in [0.29, 0.717) is 0 Å². The Labute approximate surface area is 159 Å². The van der Waals surface area contributed by atoms with Gasteiger partial charge in [0.05, 0.1) is 6.33 Å². The molecule has 0 spiro atoms. The minimum Gasteiger partial charge on any atom is -0.519 e. The summed E-state index contributed by atoms with van der Waals surface area (Å²) in [5.74, 6) is 0.543. The molecule has 0 unspecified atom stereocenters. The third-order valence-corrected chi connectivity index (χ3v) is 8.41. The highest BCUT2D eigenvalue weighted by molar-refractivity contribution is 6.80. The van der Waals surface area contributed by atoms with E-state index in [4.69, 9.17) is 4.43 Å². The van der Waals surface area contributed by atoms with Crippen LogP contribution in [-0.2, 0) is 9.22 Å². The lowest BCUT2D eigenvalue weighted by molar-refractivity contribution is -0.133. The topological polar surface area (TPSA) is 73.1 Å². The van der Waals surface area contributed by atoms with Crippen LogP contribution in [0.15, 0.2) is 12.7 Å². The van der Waals surface area contributed by atoms with Gasteiger partial charge in [0.25, 0.3) is 0 Å². The van der Waals surface area contributed by atoms with Crippen LogP contribution >= 0.6 is 0 Å². The number of aromatic nitrogens is 4. The Morgan fingerprint density at radius 2 is 1.65 bits per heavy atom. The molecule has 0 aliphatic rings. The summed E-state index contributed by atoms with van der Waals surface area (Å²) in [6.07, 6.45) is 3.44. The highest BCUT2D eigenvalue weighted by Gasteiger charge is 2.32. The van der Waals surface area contributed by atoms with Gasteiger partial charge in [-0.15, -0.1) is 0 Å². The van der Waals surface area contributed by atoms with Crippen molar-refractivity contribution in [3.05, 3.63) is 12.7 Å². The molecule has 26 heavy (non-hydrogen) atoms. The molecule has 0 saturated carbocycles. The first-order chi connectivity index (χ1) is 11.7. The van der Waals surface area contributed by atoms with Crippen LogP contribution in [0.1, 0.15) is 0 Å². The molecule has 0 fully saturated rings. The Morgan fingerprint density at radius 1 is 1.04 bits per heavy atom. The SMILES string of the molecule is C[Si](C)(C)OC(=O)CN(c1ncnc2c1ncn2[Si](C)(C)C)[Si](C)(C)C. The van der Waals surface area contributed by atoms with E-state index in [2.05, 4.69) is 63.0 Å². The summed E-state index contributed by atoms with van der Waals surface area (Å²) in [6, 6.07) is 0. The summed E-state index contributed by atoms with van der Waals surface area (Å²) in [5.41, 5.74) is 1.61. The number of hydrogen-bond acceptors (Lipinski definition) is 6. The monoisotopic (exact) mass is 409 g/mol. The van der Waals surface area contributed by atoms with Crippen molar-refractivity contribution in [3.8, 4) is 0 Å². The van der Waals surface area contributed by atoms with Crippen molar-refractivity contribution in [1.29, 1.82) is 0 Å². The second-order valence-corrected chi connectivity index (χ2v) is 23.6. The molecular weight excluding hydrogens is 378 g/mol. The number of imidazole rings is 1. The first kappa shape index (κ1) is 20.8. The molecule has 0 saturated heterocycles. The van der Waals surface area contributed by atoms with Crippen LogP contribution in [-0.4, -0.2) is 56.5 Å². The van der Waals surface area contributed by atoms with Gasteiger partial charge in [-0.05, 0) is 19.6 Å². The maximum absolute atomic E-state index is 12.5. The van der Waals surface area contributed by atoms with E-state index in [0.717, 1.165) is 17.0 Å². The zero-order valence-corrected chi connectivity index (χ0v) is 20.4. The van der Waals surface area contributed by atoms with Gasteiger partial charge in [0.15, 0.2) is 19.7 Å². The zero-order valence-electron chi connectivity index (χ0n) is 17.4. The molecule has 10 heteroatoms. The summed E-state index contributed by atoms with van der Waals surface area (Å²) in [6.45, 7) is 19.6. The van der Waals surface area contributed by atoms with Crippen LogP contribution in [0, 0.1) is 0 Å². The molecule has 2 heterocycles. The van der Waals surface area contributed by atoms with E-state index in [1.807, 2.05) is 26.0 Å². The summed E-state index contributed by atoms with van der Waals surface area (Å²) >= 11 is 0. The van der Waals surface area contributed by atoms with E-state index >= 15 is 0 Å². The maximum atomic E-state index is 12.5. The minimum atomic E-state index is -1.93. The van der Waals surface area contributed by atoms with Gasteiger partial charge >= 0.3 is 5.97 Å². The molecule has 0 aliphatic carbocycles. The number of nitrogens with zero attached hydrogens (tertiary/aromatic N) is 5. The van der Waals surface area contributed by atoms with Crippen molar-refractivity contribution in [3.63, 3.8) is 0 Å². The highest BCUT2D eigenvalue weighted by Crippen LogP contribution is 2.27. The fraction of sp³-hybridized carbons (Fsp3) is 0.625. The van der Waals surface area contributed by atoms with Crippen molar-refractivity contribution < 1.29 is 9.22 Å². The average molecular weight is 410 g/mol. The third kappa shape index (κ3) is 4.80. The number of carbonyl (C=O) groups excluding carboxylic acids is 1. The molecule has 0 aromatic carbocycles. The van der Waals surface area contributed by atoms with Crippen molar-refractivity contribution >= 4 is 47.7 Å². The summed E-state index contributed by atoms with van der Waals surface area (Å²) in [5, 5.41) is 0. The smallest absolute Gasteiger partial charge is 0.311 e. The molecule has 7 nitrogen and oxygen atoms in total. The maximum Gasteiger partial charge on any atom is 0.311 e. The fourth-order valence-corrected chi connectivity index (χ4v) is 6.00. The molecule has 2 aromatic rings. The lowest BCUT2D eigenvalue weighted by Crippen LogP contribution is -2.50. The van der Waals surface area contributed by atoms with Crippen molar-refractivity contribution in [2.24, 2.45) is 0 Å². The lowest BCUT2D eigenvalue weighted by Gasteiger charge is -2.35. The predicted molar refractivity (Wildman–Crippen MR) is 114 cm³/mol. The number of rotatable bonds is 6. The lowest BCUT2D eigenvalue weighted by atomic mass is 10.5. The summed E-state index contributed by atoms with van der Waals surface area (Å²) in [7, 11) is -5.47. The van der Waals surface area contributed by atoms with Gasteiger partial charge in [0.1, 0.15) is 26.6 Å². The number of carbonyl (C=O) groups is 1. The van der Waals surface area contributed by atoms with Crippen molar-refractivity contribution in [2.75, 3.05) is 11.1 Å². The van der Waals surface area contributed by atoms with Gasteiger partial charge in [-0.25, -0.2) is 15.0 Å². The molecule has 144 valence electrons. The number of anilines is 1. The Kier molecular flexibility index (Phi) is 5.51. The Bertz CT molecular complexity index is 803. The van der Waals surface area contributed by atoms with Crippen LogP contribution in [0.5, 0.6) is 0 Å². The van der Waals surface area contributed by atoms with Gasteiger partial charge < -0.3 is 13.2 Å². The molecule has 0 bridgehead atoms. The predicted octanol–water partition coefficient (Wildman–Crippen LogP) is 3.53. The fourth-order valence-electron chi connectivity index (χ4n) is 2.64. The van der Waals surface area contributed by atoms with Crippen molar-refractivity contribution in [1.82, 2.24) is 19.2 Å². The largest absolute Gasteiger partial charge is 0.519 e. The summed E-state index contributed by atoms with van der Waals surface area (Å²) in [4.78, 5) is 26.1. The van der Waals surface area contributed by atoms with Crippen LogP contribution in [0.3, 0.4) is 0 Å². The van der Waals surface area contributed by atoms with Gasteiger partial charge in [0.2, 0.25) is 8.32 Å². The van der Waals surface area contributed by atoms with E-state index in [1.54, 1.807) is 6.33 Å². The second-order valence-electron chi connectivity index (χ2n) is 9.50. The molecule has 2 aromatic heterocycles. The first-order valence-corrected chi connectivity index (χ1v) is 19.2. The van der Waals surface area contributed by atoms with Crippen molar-refractivity contribution in [2.45, 2.75) is 58.9 Å². The number of fused-ring (bicyclic) bond motifs is 1. The molecule has 0 atom stereocenters. The van der Waals surface area contributed by atoms with Crippen LogP contribution in [0.25, 0.3) is 11.2 Å². The molecule has 0 aliphatic heterocycles. The molecule has 2 rings (SSSR count).